The second kappa shape index (κ2) is 28.7. The van der Waals surface area contributed by atoms with Crippen molar-refractivity contribution in [1.82, 2.24) is 0 Å². The van der Waals surface area contributed by atoms with Crippen molar-refractivity contribution in [3.8, 4) is 34.5 Å². The van der Waals surface area contributed by atoms with Gasteiger partial charge in [0.15, 0.2) is 0 Å². The highest BCUT2D eigenvalue weighted by Gasteiger charge is 2.19. The first kappa shape index (κ1) is 53.6. The van der Waals surface area contributed by atoms with E-state index in [4.69, 9.17) is 42.6 Å². The van der Waals surface area contributed by atoms with Crippen molar-refractivity contribution in [2.75, 3.05) is 59.5 Å². The second-order valence-corrected chi connectivity index (χ2v) is 16.0. The molecule has 0 aliphatic rings. The normalized spacial score (nSPS) is 11.1. The van der Waals surface area contributed by atoms with Gasteiger partial charge in [0.05, 0.1) is 53.6 Å². The van der Waals surface area contributed by atoms with Crippen LogP contribution in [-0.2, 0) is 14.2 Å². The van der Waals surface area contributed by atoms with E-state index < -0.39 is 17.9 Å². The Morgan fingerprint density at radius 2 is 0.547 bits per heavy atom. The number of benzene rings is 7. The highest BCUT2D eigenvalue weighted by atomic mass is 16.6. The van der Waals surface area contributed by atoms with Gasteiger partial charge in [-0.25, -0.2) is 14.4 Å². The first-order chi connectivity index (χ1) is 36.7. The van der Waals surface area contributed by atoms with E-state index in [-0.39, 0.29) is 56.3 Å². The molecule has 384 valence electrons. The summed E-state index contributed by atoms with van der Waals surface area (Å²) in [6.07, 6.45) is 5.26. The summed E-state index contributed by atoms with van der Waals surface area (Å²) in [5.74, 6) is 1.61. The first-order valence-corrected chi connectivity index (χ1v) is 24.4. The lowest BCUT2D eigenvalue weighted by Crippen LogP contribution is -2.17. The number of rotatable bonds is 27. The van der Waals surface area contributed by atoms with Gasteiger partial charge in [0.2, 0.25) is 0 Å². The van der Waals surface area contributed by atoms with Crippen LogP contribution in [0.3, 0.4) is 0 Å². The number of nitrogens with zero attached hydrogens (tertiary/aromatic N) is 3. The Morgan fingerprint density at radius 1 is 0.320 bits per heavy atom. The molecule has 0 bridgehead atoms. The standard InChI is InChI=1S/C60H57N3O12/c1-4-67-52-19-7-43(8-20-52)40-61-49-13-25-55(26-14-49)70-31-34-73-58(64)46-37-47(59(65)74-35-32-71-56-27-15-50(16-28-56)62-41-44-9-21-53(22-10-44)68-5-2)39-48(38-46)60(66)75-36-33-72-57-29-17-51(18-30-57)63-42-45-11-23-54(24-12-45)69-6-3/h7-30,37-42H,4-6,31-36H2,1-3H3. The largest absolute Gasteiger partial charge is 0.494 e. The lowest BCUT2D eigenvalue weighted by molar-refractivity contribution is 0.0444. The molecule has 0 N–H and O–H groups in total. The molecule has 0 aromatic heterocycles. The fraction of sp³-hybridized carbons (Fsp3) is 0.200. The molecule has 7 aromatic rings. The molecule has 0 spiro atoms. The van der Waals surface area contributed by atoms with Gasteiger partial charge in [-0.05, 0) is 201 Å². The van der Waals surface area contributed by atoms with Crippen LogP contribution in [0.4, 0.5) is 17.1 Å². The van der Waals surface area contributed by atoms with E-state index in [1.165, 1.54) is 18.2 Å². The van der Waals surface area contributed by atoms with Gasteiger partial charge >= 0.3 is 17.9 Å². The van der Waals surface area contributed by atoms with Crippen LogP contribution in [0, 0.1) is 0 Å². The summed E-state index contributed by atoms with van der Waals surface area (Å²) in [4.78, 5) is 53.7. The third-order valence-electron chi connectivity index (χ3n) is 10.6. The SMILES string of the molecule is CCOc1ccc(C=Nc2ccc(OCCOC(=O)c3cc(C(=O)OCCOc4ccc(N=Cc5ccc(OCC)cc5)cc4)cc(C(=O)OCCOc4ccc(N=Cc5ccc(OCC)cc5)cc4)c3)cc2)cc1. The highest BCUT2D eigenvalue weighted by molar-refractivity contribution is 6.00. The maximum Gasteiger partial charge on any atom is 0.338 e. The number of ether oxygens (including phenoxy) is 9. The van der Waals surface area contributed by atoms with Gasteiger partial charge in [-0.15, -0.1) is 0 Å². The van der Waals surface area contributed by atoms with E-state index in [2.05, 4.69) is 15.0 Å². The molecule has 0 radical (unpaired) electrons. The van der Waals surface area contributed by atoms with Gasteiger partial charge < -0.3 is 42.6 Å². The van der Waals surface area contributed by atoms with Crippen molar-refractivity contribution < 1.29 is 57.0 Å². The Labute approximate surface area is 436 Å². The lowest BCUT2D eigenvalue weighted by atomic mass is 10.1. The topological polar surface area (TPSA) is 171 Å². The van der Waals surface area contributed by atoms with E-state index >= 15 is 0 Å². The van der Waals surface area contributed by atoms with Crippen molar-refractivity contribution in [2.24, 2.45) is 15.0 Å². The van der Waals surface area contributed by atoms with Crippen molar-refractivity contribution in [3.05, 3.63) is 197 Å². The van der Waals surface area contributed by atoms with Crippen LogP contribution in [0.5, 0.6) is 34.5 Å². The summed E-state index contributed by atoms with van der Waals surface area (Å²) in [6, 6.07) is 48.1. The van der Waals surface area contributed by atoms with E-state index in [1.54, 1.807) is 91.4 Å². The molecule has 0 unspecified atom stereocenters. The van der Waals surface area contributed by atoms with Crippen LogP contribution in [0.2, 0.25) is 0 Å². The molecule has 0 saturated heterocycles. The maximum absolute atomic E-state index is 13.4. The van der Waals surface area contributed by atoms with Gasteiger partial charge in [-0.3, -0.25) is 15.0 Å². The Hall–Kier alpha value is -9.24. The molecule has 7 aromatic carbocycles. The Bertz CT molecular complexity index is 2660. The van der Waals surface area contributed by atoms with E-state index in [1.807, 2.05) is 93.6 Å². The minimum atomic E-state index is -0.799. The quantitative estimate of drug-likeness (QED) is 0.0207. The fourth-order valence-electron chi connectivity index (χ4n) is 6.90. The Kier molecular flexibility index (Phi) is 20.5. The molecule has 0 amide bonds. The van der Waals surface area contributed by atoms with E-state index in [9.17, 15) is 14.4 Å². The molecule has 7 rings (SSSR count). The summed E-state index contributed by atoms with van der Waals surface area (Å²) in [6.45, 7) is 7.26. The molecule has 15 nitrogen and oxygen atoms in total. The molecule has 0 atom stereocenters. The monoisotopic (exact) mass is 1010 g/mol. The zero-order valence-electron chi connectivity index (χ0n) is 41.9. The van der Waals surface area contributed by atoms with Crippen molar-refractivity contribution in [3.63, 3.8) is 0 Å². The smallest absolute Gasteiger partial charge is 0.338 e. The maximum atomic E-state index is 13.4. The number of carbonyl (C=O) groups excluding carboxylic acids is 3. The molecule has 0 fully saturated rings. The van der Waals surface area contributed by atoms with Crippen molar-refractivity contribution in [1.29, 1.82) is 0 Å². The van der Waals surface area contributed by atoms with Gasteiger partial charge in [-0.2, -0.15) is 0 Å². The molecule has 0 aliphatic carbocycles. The fourth-order valence-corrected chi connectivity index (χ4v) is 6.90. The van der Waals surface area contributed by atoms with Crippen LogP contribution >= 0.6 is 0 Å². The van der Waals surface area contributed by atoms with Crippen molar-refractivity contribution in [2.45, 2.75) is 20.8 Å². The number of aliphatic imine (C=N–C) groups is 3. The first-order valence-electron chi connectivity index (χ1n) is 24.4. The summed E-state index contributed by atoms with van der Waals surface area (Å²) in [5.41, 5.74) is 4.70. The third-order valence-corrected chi connectivity index (χ3v) is 10.6. The molecular weight excluding hydrogens is 955 g/mol. The molecule has 15 heteroatoms. The molecule has 0 heterocycles. The minimum absolute atomic E-state index is 0.0244. The van der Waals surface area contributed by atoms with E-state index in [0.717, 1.165) is 51.0 Å². The summed E-state index contributed by atoms with van der Waals surface area (Å²) in [5, 5.41) is 0. The van der Waals surface area contributed by atoms with Crippen LogP contribution in [0.1, 0.15) is 68.5 Å². The van der Waals surface area contributed by atoms with Gasteiger partial charge in [0, 0.05) is 18.6 Å². The zero-order valence-corrected chi connectivity index (χ0v) is 41.9. The highest BCUT2D eigenvalue weighted by Crippen LogP contribution is 2.23. The van der Waals surface area contributed by atoms with Gasteiger partial charge in [0.1, 0.15) is 74.1 Å². The average Bonchev–Trinajstić information content (AvgIpc) is 3.44. The van der Waals surface area contributed by atoms with Crippen LogP contribution in [0.25, 0.3) is 0 Å². The van der Waals surface area contributed by atoms with Crippen LogP contribution in [0.15, 0.2) is 179 Å². The number of hydrogen-bond acceptors (Lipinski definition) is 15. The predicted octanol–water partition coefficient (Wildman–Crippen LogP) is 11.8. The predicted molar refractivity (Wildman–Crippen MR) is 288 cm³/mol. The number of hydrogen-bond donors (Lipinski definition) is 0. The van der Waals surface area contributed by atoms with Gasteiger partial charge in [-0.1, -0.05) is 0 Å². The minimum Gasteiger partial charge on any atom is -0.494 e. The summed E-state index contributed by atoms with van der Waals surface area (Å²) in [7, 11) is 0. The average molecular weight is 1010 g/mol. The molecule has 75 heavy (non-hydrogen) atoms. The summed E-state index contributed by atoms with van der Waals surface area (Å²) < 4.78 is 50.4. The van der Waals surface area contributed by atoms with Crippen LogP contribution in [-0.4, -0.2) is 96.0 Å². The molecule has 0 saturated carbocycles. The Morgan fingerprint density at radius 3 is 0.787 bits per heavy atom. The third kappa shape index (κ3) is 17.8. The van der Waals surface area contributed by atoms with Gasteiger partial charge in [0.25, 0.3) is 0 Å². The summed E-state index contributed by atoms with van der Waals surface area (Å²) >= 11 is 0. The molecule has 0 aliphatic heterocycles. The number of carbonyl (C=O) groups is 3. The van der Waals surface area contributed by atoms with E-state index in [0.29, 0.717) is 37.1 Å². The molecular formula is C60H57N3O12. The lowest BCUT2D eigenvalue weighted by Gasteiger charge is -2.12. The number of esters is 3. The van der Waals surface area contributed by atoms with Crippen molar-refractivity contribution >= 4 is 53.6 Å². The zero-order chi connectivity index (χ0) is 52.5. The second-order valence-electron chi connectivity index (χ2n) is 16.0. The Balaban J connectivity index is 0.911. The van der Waals surface area contributed by atoms with Crippen LogP contribution < -0.4 is 28.4 Å².